The molecule has 6 heteroatoms. The molecule has 0 aliphatic carbocycles. The third kappa shape index (κ3) is 3.03. The summed E-state index contributed by atoms with van der Waals surface area (Å²) in [5.74, 6) is 0.583. The SMILES string of the molecule is COC1OC1c1cc(N)cc(OC2CCN(C)CC2)n1. The number of nitrogens with zero attached hydrogens (tertiary/aromatic N) is 2. The van der Waals surface area contributed by atoms with E-state index in [9.17, 15) is 0 Å². The van der Waals surface area contributed by atoms with Gasteiger partial charge >= 0.3 is 0 Å². The fraction of sp³-hybridized carbons (Fsp3) is 0.643. The predicted octanol–water partition coefficient (Wildman–Crippen LogP) is 1.18. The van der Waals surface area contributed by atoms with Crippen molar-refractivity contribution in [2.75, 3.05) is 33.0 Å². The number of hydrogen-bond donors (Lipinski definition) is 1. The molecule has 1 aromatic heterocycles. The molecule has 0 spiro atoms. The Balaban J connectivity index is 1.67. The van der Waals surface area contributed by atoms with E-state index in [1.807, 2.05) is 6.07 Å². The van der Waals surface area contributed by atoms with E-state index in [0.717, 1.165) is 31.6 Å². The first kappa shape index (κ1) is 13.6. The molecule has 2 N–H and O–H groups in total. The van der Waals surface area contributed by atoms with E-state index < -0.39 is 0 Å². The van der Waals surface area contributed by atoms with Crippen LogP contribution < -0.4 is 10.5 Å². The van der Waals surface area contributed by atoms with Crippen molar-refractivity contribution in [3.63, 3.8) is 0 Å². The first-order valence-corrected chi connectivity index (χ1v) is 6.96. The highest BCUT2D eigenvalue weighted by atomic mass is 16.8. The molecule has 3 rings (SSSR count). The van der Waals surface area contributed by atoms with Gasteiger partial charge in [-0.15, -0.1) is 0 Å². The molecule has 1 aromatic rings. The molecule has 20 heavy (non-hydrogen) atoms. The van der Waals surface area contributed by atoms with Crippen molar-refractivity contribution in [1.29, 1.82) is 0 Å². The highest BCUT2D eigenvalue weighted by Gasteiger charge is 2.42. The lowest BCUT2D eigenvalue weighted by Gasteiger charge is -2.29. The van der Waals surface area contributed by atoms with Crippen LogP contribution in [0.5, 0.6) is 5.88 Å². The van der Waals surface area contributed by atoms with Crippen LogP contribution in [0.4, 0.5) is 5.69 Å². The quantitative estimate of drug-likeness (QED) is 0.834. The van der Waals surface area contributed by atoms with Gasteiger partial charge in [0.1, 0.15) is 6.10 Å². The molecule has 2 atom stereocenters. The van der Waals surface area contributed by atoms with Crippen LogP contribution in [-0.2, 0) is 9.47 Å². The molecule has 2 aliphatic heterocycles. The van der Waals surface area contributed by atoms with Gasteiger partial charge in [0, 0.05) is 32.0 Å². The molecule has 0 saturated carbocycles. The van der Waals surface area contributed by atoms with Crippen molar-refractivity contribution in [1.82, 2.24) is 9.88 Å². The zero-order valence-electron chi connectivity index (χ0n) is 11.9. The summed E-state index contributed by atoms with van der Waals surface area (Å²) in [6.07, 6.45) is 1.92. The molecule has 2 unspecified atom stereocenters. The number of nitrogens with two attached hydrogens (primary N) is 1. The molecule has 0 radical (unpaired) electrons. The van der Waals surface area contributed by atoms with E-state index in [2.05, 4.69) is 16.9 Å². The minimum atomic E-state index is -0.208. The Hall–Kier alpha value is -1.37. The number of nitrogen functional groups attached to an aromatic ring is 1. The first-order valence-electron chi connectivity index (χ1n) is 6.96. The maximum atomic E-state index is 5.96. The van der Waals surface area contributed by atoms with E-state index in [-0.39, 0.29) is 18.5 Å². The Morgan fingerprint density at radius 1 is 1.35 bits per heavy atom. The summed E-state index contributed by atoms with van der Waals surface area (Å²) in [6, 6.07) is 3.58. The molecular formula is C14H21N3O3. The van der Waals surface area contributed by atoms with Gasteiger partial charge in [-0.3, -0.25) is 0 Å². The number of pyridine rings is 1. The second kappa shape index (κ2) is 5.55. The van der Waals surface area contributed by atoms with Crippen molar-refractivity contribution >= 4 is 5.69 Å². The van der Waals surface area contributed by atoms with E-state index in [1.165, 1.54) is 0 Å². The Labute approximate surface area is 118 Å². The summed E-state index contributed by atoms with van der Waals surface area (Å²) in [5.41, 5.74) is 7.33. The second-order valence-corrected chi connectivity index (χ2v) is 5.44. The van der Waals surface area contributed by atoms with Gasteiger partial charge in [-0.25, -0.2) is 4.98 Å². The summed E-state index contributed by atoms with van der Waals surface area (Å²) in [7, 11) is 3.75. The van der Waals surface area contributed by atoms with Crippen molar-refractivity contribution in [2.24, 2.45) is 0 Å². The van der Waals surface area contributed by atoms with E-state index in [4.69, 9.17) is 19.9 Å². The average molecular weight is 279 g/mol. The van der Waals surface area contributed by atoms with Gasteiger partial charge in [0.2, 0.25) is 5.88 Å². The number of epoxide rings is 1. The second-order valence-electron chi connectivity index (χ2n) is 5.44. The van der Waals surface area contributed by atoms with Gasteiger partial charge in [0.05, 0.1) is 5.69 Å². The molecular weight excluding hydrogens is 258 g/mol. The topological polar surface area (TPSA) is 73.1 Å². The molecule has 2 saturated heterocycles. The molecule has 2 aliphatic rings. The molecule has 3 heterocycles. The van der Waals surface area contributed by atoms with Crippen LogP contribution in [0.1, 0.15) is 24.6 Å². The minimum Gasteiger partial charge on any atom is -0.474 e. The van der Waals surface area contributed by atoms with Crippen molar-refractivity contribution < 1.29 is 14.2 Å². The third-order valence-corrected chi connectivity index (χ3v) is 3.77. The average Bonchev–Trinajstić information content (AvgIpc) is 3.20. The van der Waals surface area contributed by atoms with Gasteiger partial charge < -0.3 is 24.8 Å². The number of rotatable bonds is 4. The molecule has 6 nitrogen and oxygen atoms in total. The van der Waals surface area contributed by atoms with Crippen LogP contribution in [0, 0.1) is 0 Å². The van der Waals surface area contributed by atoms with E-state index in [1.54, 1.807) is 13.2 Å². The van der Waals surface area contributed by atoms with Gasteiger partial charge in [-0.1, -0.05) is 0 Å². The Kier molecular flexibility index (Phi) is 3.78. The van der Waals surface area contributed by atoms with Crippen LogP contribution >= 0.6 is 0 Å². The fourth-order valence-electron chi connectivity index (χ4n) is 2.51. The van der Waals surface area contributed by atoms with Crippen LogP contribution in [0.25, 0.3) is 0 Å². The smallest absolute Gasteiger partial charge is 0.215 e. The highest BCUT2D eigenvalue weighted by Crippen LogP contribution is 2.39. The lowest BCUT2D eigenvalue weighted by atomic mass is 10.1. The van der Waals surface area contributed by atoms with Gasteiger partial charge in [0.25, 0.3) is 0 Å². The van der Waals surface area contributed by atoms with Gasteiger partial charge in [-0.05, 0) is 26.0 Å². The van der Waals surface area contributed by atoms with Crippen LogP contribution in [0.15, 0.2) is 12.1 Å². The Bertz CT molecular complexity index is 475. The normalized spacial score (nSPS) is 27.5. The number of aromatic nitrogens is 1. The summed E-state index contributed by atoms with van der Waals surface area (Å²) in [6.45, 7) is 2.11. The largest absolute Gasteiger partial charge is 0.474 e. The Morgan fingerprint density at radius 3 is 2.75 bits per heavy atom. The number of likely N-dealkylation sites (tertiary alicyclic amines) is 1. The van der Waals surface area contributed by atoms with Crippen molar-refractivity contribution in [2.45, 2.75) is 31.3 Å². The zero-order chi connectivity index (χ0) is 14.1. The zero-order valence-corrected chi connectivity index (χ0v) is 11.9. The third-order valence-electron chi connectivity index (χ3n) is 3.77. The maximum absolute atomic E-state index is 5.96. The minimum absolute atomic E-state index is 0.122. The number of anilines is 1. The standard InChI is InChI=1S/C14H21N3O3/c1-17-5-3-10(4-6-17)19-12-8-9(15)7-11(16-12)13-14(18-2)20-13/h7-8,10,13-14H,3-6H2,1-2H3,(H2,15,16). The molecule has 2 fully saturated rings. The predicted molar refractivity (Wildman–Crippen MR) is 74.4 cm³/mol. The Morgan fingerprint density at radius 2 is 2.10 bits per heavy atom. The van der Waals surface area contributed by atoms with Crippen LogP contribution in [-0.4, -0.2) is 49.5 Å². The molecule has 0 amide bonds. The van der Waals surface area contributed by atoms with Crippen LogP contribution in [0.3, 0.4) is 0 Å². The fourth-order valence-corrected chi connectivity index (χ4v) is 2.51. The summed E-state index contributed by atoms with van der Waals surface area (Å²) in [4.78, 5) is 6.79. The van der Waals surface area contributed by atoms with E-state index in [0.29, 0.717) is 11.6 Å². The number of ether oxygens (including phenoxy) is 3. The summed E-state index contributed by atoms with van der Waals surface area (Å²) < 4.78 is 16.4. The van der Waals surface area contributed by atoms with Crippen molar-refractivity contribution in [3.05, 3.63) is 17.8 Å². The van der Waals surface area contributed by atoms with Gasteiger partial charge in [-0.2, -0.15) is 0 Å². The number of methoxy groups -OCH3 is 1. The number of hydrogen-bond acceptors (Lipinski definition) is 6. The first-order chi connectivity index (χ1) is 9.65. The monoisotopic (exact) mass is 279 g/mol. The lowest BCUT2D eigenvalue weighted by molar-refractivity contribution is 0.0950. The maximum Gasteiger partial charge on any atom is 0.215 e. The summed E-state index contributed by atoms with van der Waals surface area (Å²) in [5, 5.41) is 0. The summed E-state index contributed by atoms with van der Waals surface area (Å²) >= 11 is 0. The highest BCUT2D eigenvalue weighted by molar-refractivity contribution is 5.43. The van der Waals surface area contributed by atoms with Gasteiger partial charge in [0.15, 0.2) is 12.4 Å². The van der Waals surface area contributed by atoms with Crippen LogP contribution in [0.2, 0.25) is 0 Å². The lowest BCUT2D eigenvalue weighted by Crippen LogP contribution is -2.35. The molecule has 110 valence electrons. The number of piperidine rings is 1. The molecule has 0 bridgehead atoms. The van der Waals surface area contributed by atoms with Crippen molar-refractivity contribution in [3.8, 4) is 5.88 Å². The van der Waals surface area contributed by atoms with E-state index >= 15 is 0 Å². The molecule has 0 aromatic carbocycles.